The summed E-state index contributed by atoms with van der Waals surface area (Å²) in [4.78, 5) is 11.7. The zero-order chi connectivity index (χ0) is 11.1. The number of amides is 1. The van der Waals surface area contributed by atoms with Crippen LogP contribution in [0.25, 0.3) is 0 Å². The highest BCUT2D eigenvalue weighted by Gasteiger charge is 2.25. The average Bonchev–Trinajstić information content (AvgIpc) is 2.29. The summed E-state index contributed by atoms with van der Waals surface area (Å²) in [5.74, 6) is 6.38. The van der Waals surface area contributed by atoms with Gasteiger partial charge < -0.3 is 10.6 Å². The van der Waals surface area contributed by atoms with Gasteiger partial charge in [0, 0.05) is 0 Å². The third-order valence-corrected chi connectivity index (χ3v) is 2.93. The second-order valence-corrected chi connectivity index (χ2v) is 3.95. The van der Waals surface area contributed by atoms with Crippen LogP contribution in [-0.4, -0.2) is 25.0 Å². The largest absolute Gasteiger partial charge is 0.344 e. The van der Waals surface area contributed by atoms with Crippen molar-refractivity contribution < 1.29 is 4.79 Å². The van der Waals surface area contributed by atoms with Crippen molar-refractivity contribution in [2.75, 3.05) is 13.1 Å². The second-order valence-electron chi connectivity index (χ2n) is 3.95. The number of nitrogens with one attached hydrogen (secondary N) is 2. The summed E-state index contributed by atoms with van der Waals surface area (Å²) >= 11 is 0. The first-order valence-electron chi connectivity index (χ1n) is 5.68. The molecule has 0 saturated carbocycles. The van der Waals surface area contributed by atoms with Crippen molar-refractivity contribution in [1.29, 1.82) is 0 Å². The predicted octanol–water partition coefficient (Wildman–Crippen LogP) is 0.904. The Hall–Kier alpha value is -1.01. The molecule has 3 heteroatoms. The van der Waals surface area contributed by atoms with Gasteiger partial charge in [-0.3, -0.25) is 4.79 Å². The molecular formula is C12H20N2O. The fourth-order valence-electron chi connectivity index (χ4n) is 1.91. The quantitative estimate of drug-likeness (QED) is 0.677. The van der Waals surface area contributed by atoms with Crippen LogP contribution in [0.15, 0.2) is 0 Å². The van der Waals surface area contributed by atoms with Crippen LogP contribution in [0.2, 0.25) is 0 Å². The van der Waals surface area contributed by atoms with Crippen LogP contribution in [0, 0.1) is 17.8 Å². The minimum Gasteiger partial charge on any atom is -0.344 e. The Morgan fingerprint density at radius 1 is 1.60 bits per heavy atom. The molecule has 0 aliphatic carbocycles. The van der Waals surface area contributed by atoms with Crippen molar-refractivity contribution in [2.45, 2.75) is 39.2 Å². The molecule has 1 fully saturated rings. The molecule has 2 unspecified atom stereocenters. The smallest absolute Gasteiger partial charge is 0.237 e. The third-order valence-electron chi connectivity index (χ3n) is 2.93. The van der Waals surface area contributed by atoms with E-state index in [1.54, 1.807) is 6.92 Å². The molecule has 1 aliphatic heterocycles. The van der Waals surface area contributed by atoms with Crippen molar-refractivity contribution in [3.8, 4) is 11.8 Å². The molecule has 0 aromatic heterocycles. The fraction of sp³-hybridized carbons (Fsp3) is 0.750. The Morgan fingerprint density at radius 2 is 2.40 bits per heavy atom. The highest BCUT2D eigenvalue weighted by atomic mass is 16.2. The van der Waals surface area contributed by atoms with Gasteiger partial charge in [0.1, 0.15) is 0 Å². The molecule has 0 spiro atoms. The first-order valence-corrected chi connectivity index (χ1v) is 5.68. The minimum absolute atomic E-state index is 0.0117. The summed E-state index contributed by atoms with van der Waals surface area (Å²) in [6, 6.07) is -0.0117. The van der Waals surface area contributed by atoms with Crippen molar-refractivity contribution in [1.82, 2.24) is 10.6 Å². The Kier molecular flexibility index (Phi) is 5.20. The van der Waals surface area contributed by atoms with Gasteiger partial charge in [-0.05, 0) is 32.2 Å². The maximum atomic E-state index is 11.7. The van der Waals surface area contributed by atoms with Gasteiger partial charge in [-0.1, -0.05) is 19.3 Å². The SMILES string of the molecule is CC#CCNC(=O)C1CC(CC)CCN1. The molecule has 84 valence electrons. The van der Waals surface area contributed by atoms with Crippen molar-refractivity contribution >= 4 is 5.91 Å². The first-order chi connectivity index (χ1) is 7.27. The molecule has 0 aromatic rings. The molecule has 1 heterocycles. The molecule has 0 aromatic carbocycles. The molecule has 0 bridgehead atoms. The molecule has 0 radical (unpaired) electrons. The minimum atomic E-state index is -0.0117. The van der Waals surface area contributed by atoms with Crippen LogP contribution in [0.4, 0.5) is 0 Å². The molecule has 1 aliphatic rings. The third kappa shape index (κ3) is 3.93. The van der Waals surface area contributed by atoms with Crippen LogP contribution in [0.3, 0.4) is 0 Å². The molecular weight excluding hydrogens is 188 g/mol. The van der Waals surface area contributed by atoms with Crippen LogP contribution in [0.1, 0.15) is 33.1 Å². The number of rotatable bonds is 3. The summed E-state index contributed by atoms with van der Waals surface area (Å²) < 4.78 is 0. The Morgan fingerprint density at radius 3 is 3.07 bits per heavy atom. The van der Waals surface area contributed by atoms with Gasteiger partial charge in [0.25, 0.3) is 0 Å². The molecule has 1 saturated heterocycles. The van der Waals surface area contributed by atoms with Crippen LogP contribution < -0.4 is 10.6 Å². The van der Waals surface area contributed by atoms with Crippen molar-refractivity contribution in [3.05, 3.63) is 0 Å². The number of carbonyl (C=O) groups is 1. The number of hydrogen-bond donors (Lipinski definition) is 2. The average molecular weight is 208 g/mol. The van der Waals surface area contributed by atoms with E-state index >= 15 is 0 Å². The normalized spacial score (nSPS) is 25.2. The topological polar surface area (TPSA) is 41.1 Å². The van der Waals surface area contributed by atoms with Gasteiger partial charge in [0.15, 0.2) is 0 Å². The van der Waals surface area contributed by atoms with Gasteiger partial charge >= 0.3 is 0 Å². The standard InChI is InChI=1S/C12H20N2O/c1-3-5-7-14-12(15)11-9-10(4-2)6-8-13-11/h10-11,13H,4,6-9H2,1-2H3,(H,14,15). The highest BCUT2D eigenvalue weighted by Crippen LogP contribution is 2.19. The van der Waals surface area contributed by atoms with E-state index < -0.39 is 0 Å². The summed E-state index contributed by atoms with van der Waals surface area (Å²) in [7, 11) is 0. The summed E-state index contributed by atoms with van der Waals surface area (Å²) in [5, 5.41) is 6.07. The van der Waals surface area contributed by atoms with Gasteiger partial charge in [-0.15, -0.1) is 5.92 Å². The van der Waals surface area contributed by atoms with Crippen molar-refractivity contribution in [2.24, 2.45) is 5.92 Å². The van der Waals surface area contributed by atoms with E-state index in [2.05, 4.69) is 29.4 Å². The van der Waals surface area contributed by atoms with E-state index in [0.29, 0.717) is 12.5 Å². The molecule has 2 atom stereocenters. The fourth-order valence-corrected chi connectivity index (χ4v) is 1.91. The van der Waals surface area contributed by atoms with E-state index in [1.165, 1.54) is 12.8 Å². The predicted molar refractivity (Wildman–Crippen MR) is 61.3 cm³/mol. The Bertz CT molecular complexity index is 265. The lowest BCUT2D eigenvalue weighted by Crippen LogP contribution is -2.48. The van der Waals surface area contributed by atoms with E-state index in [-0.39, 0.29) is 11.9 Å². The van der Waals surface area contributed by atoms with E-state index in [1.807, 2.05) is 0 Å². The van der Waals surface area contributed by atoms with E-state index in [0.717, 1.165) is 13.0 Å². The first kappa shape index (κ1) is 12.1. The molecule has 15 heavy (non-hydrogen) atoms. The molecule has 1 amide bonds. The number of piperidine rings is 1. The maximum absolute atomic E-state index is 11.7. The highest BCUT2D eigenvalue weighted by molar-refractivity contribution is 5.82. The van der Waals surface area contributed by atoms with Gasteiger partial charge in [0.05, 0.1) is 12.6 Å². The molecule has 1 rings (SSSR count). The van der Waals surface area contributed by atoms with Crippen molar-refractivity contribution in [3.63, 3.8) is 0 Å². The van der Waals surface area contributed by atoms with Gasteiger partial charge in [0.2, 0.25) is 5.91 Å². The lowest BCUT2D eigenvalue weighted by Gasteiger charge is -2.28. The monoisotopic (exact) mass is 208 g/mol. The molecule has 3 nitrogen and oxygen atoms in total. The zero-order valence-electron chi connectivity index (χ0n) is 9.60. The maximum Gasteiger partial charge on any atom is 0.237 e. The Balaban J connectivity index is 2.33. The van der Waals surface area contributed by atoms with Crippen LogP contribution in [0.5, 0.6) is 0 Å². The van der Waals surface area contributed by atoms with Gasteiger partial charge in [-0.25, -0.2) is 0 Å². The van der Waals surface area contributed by atoms with E-state index in [9.17, 15) is 4.79 Å². The van der Waals surface area contributed by atoms with E-state index in [4.69, 9.17) is 0 Å². The summed E-state index contributed by atoms with van der Waals surface area (Å²) in [6.07, 6.45) is 3.32. The molecule has 2 N–H and O–H groups in total. The van der Waals surface area contributed by atoms with Crippen LogP contribution in [-0.2, 0) is 4.79 Å². The number of hydrogen-bond acceptors (Lipinski definition) is 2. The van der Waals surface area contributed by atoms with Gasteiger partial charge in [-0.2, -0.15) is 0 Å². The van der Waals surface area contributed by atoms with Crippen LogP contribution >= 0.6 is 0 Å². The Labute approximate surface area is 92.0 Å². The number of carbonyl (C=O) groups excluding carboxylic acids is 1. The second kappa shape index (κ2) is 6.47. The zero-order valence-corrected chi connectivity index (χ0v) is 9.60. The summed E-state index contributed by atoms with van der Waals surface area (Å²) in [6.45, 7) is 5.38. The lowest BCUT2D eigenvalue weighted by atomic mass is 9.90. The summed E-state index contributed by atoms with van der Waals surface area (Å²) in [5.41, 5.74) is 0. The lowest BCUT2D eigenvalue weighted by molar-refractivity contribution is -0.123.